The van der Waals surface area contributed by atoms with E-state index in [4.69, 9.17) is 0 Å². The second kappa shape index (κ2) is 4.35. The van der Waals surface area contributed by atoms with Crippen LogP contribution in [0.25, 0.3) is 0 Å². The molecule has 0 saturated carbocycles. The maximum Gasteiger partial charge on any atom is 0.226 e. The summed E-state index contributed by atoms with van der Waals surface area (Å²) >= 11 is 0. The molecule has 1 aliphatic carbocycles. The van der Waals surface area contributed by atoms with Gasteiger partial charge in [-0.2, -0.15) is 0 Å². The molecular weight excluding hydrogens is 190 g/mol. The Labute approximate surface area is 90.8 Å². The quantitative estimate of drug-likeness (QED) is 0.659. The van der Waals surface area contributed by atoms with Crippen molar-refractivity contribution >= 4 is 5.91 Å². The molecule has 0 spiro atoms. The molecule has 1 aliphatic heterocycles. The number of aliphatic hydroxyl groups excluding tert-OH is 1. The fraction of sp³-hybridized carbons (Fsp3) is 0.750. The van der Waals surface area contributed by atoms with E-state index in [1.807, 2.05) is 11.8 Å². The minimum Gasteiger partial charge on any atom is -0.393 e. The second-order valence-electron chi connectivity index (χ2n) is 4.76. The number of likely N-dealkylation sites (tertiary alicyclic amines) is 1. The lowest BCUT2D eigenvalue weighted by Gasteiger charge is -2.35. The van der Waals surface area contributed by atoms with Crippen molar-refractivity contribution in [3.8, 4) is 0 Å². The molecule has 1 saturated heterocycles. The topological polar surface area (TPSA) is 40.5 Å². The van der Waals surface area contributed by atoms with Crippen molar-refractivity contribution in [1.29, 1.82) is 0 Å². The zero-order valence-corrected chi connectivity index (χ0v) is 9.22. The first-order valence-electron chi connectivity index (χ1n) is 5.80. The normalized spacial score (nSPS) is 32.3. The van der Waals surface area contributed by atoms with Crippen LogP contribution in [0.1, 0.15) is 26.2 Å². The summed E-state index contributed by atoms with van der Waals surface area (Å²) in [6.45, 7) is 3.45. The summed E-state index contributed by atoms with van der Waals surface area (Å²) in [4.78, 5) is 14.0. The highest BCUT2D eigenvalue weighted by Crippen LogP contribution is 2.24. The minimum atomic E-state index is -0.226. The highest BCUT2D eigenvalue weighted by Gasteiger charge is 2.30. The lowest BCUT2D eigenvalue weighted by Crippen LogP contribution is -2.46. The third kappa shape index (κ3) is 2.23. The molecule has 0 aromatic carbocycles. The van der Waals surface area contributed by atoms with E-state index in [9.17, 15) is 9.90 Å². The first-order valence-corrected chi connectivity index (χ1v) is 5.80. The van der Waals surface area contributed by atoms with Gasteiger partial charge in [0, 0.05) is 19.0 Å². The highest BCUT2D eigenvalue weighted by molar-refractivity contribution is 5.79. The number of piperidine rings is 1. The van der Waals surface area contributed by atoms with Gasteiger partial charge in [-0.05, 0) is 25.2 Å². The summed E-state index contributed by atoms with van der Waals surface area (Å²) in [6.07, 6.45) is 6.47. The van der Waals surface area contributed by atoms with E-state index in [1.54, 1.807) is 0 Å². The van der Waals surface area contributed by atoms with E-state index in [0.29, 0.717) is 0 Å². The monoisotopic (exact) mass is 209 g/mol. The second-order valence-corrected chi connectivity index (χ2v) is 4.76. The Bertz CT molecular complexity index is 267. The van der Waals surface area contributed by atoms with Gasteiger partial charge in [0.2, 0.25) is 5.91 Å². The molecule has 0 bridgehead atoms. The summed E-state index contributed by atoms with van der Waals surface area (Å²) < 4.78 is 0. The van der Waals surface area contributed by atoms with Crippen LogP contribution >= 0.6 is 0 Å². The summed E-state index contributed by atoms with van der Waals surface area (Å²) in [7, 11) is 0. The molecule has 0 aromatic heterocycles. The van der Waals surface area contributed by atoms with Crippen molar-refractivity contribution in [3.05, 3.63) is 12.2 Å². The summed E-state index contributed by atoms with van der Waals surface area (Å²) in [5.41, 5.74) is 0. The van der Waals surface area contributed by atoms with E-state index in [0.717, 1.165) is 32.4 Å². The van der Waals surface area contributed by atoms with Crippen LogP contribution < -0.4 is 0 Å². The van der Waals surface area contributed by atoms with Gasteiger partial charge in [0.25, 0.3) is 0 Å². The van der Waals surface area contributed by atoms with E-state index in [2.05, 4.69) is 12.2 Å². The molecule has 1 N–H and O–H groups in total. The number of hydrogen-bond donors (Lipinski definition) is 1. The van der Waals surface area contributed by atoms with Gasteiger partial charge >= 0.3 is 0 Å². The van der Waals surface area contributed by atoms with Crippen LogP contribution in [0.15, 0.2) is 12.2 Å². The van der Waals surface area contributed by atoms with Gasteiger partial charge in [0.15, 0.2) is 0 Å². The standard InChI is InChI=1S/C12H19NO2/c1-9-8-13(7-6-11(9)14)12(15)10-4-2-3-5-10/h2-3,9-11,14H,4-8H2,1H3. The van der Waals surface area contributed by atoms with Gasteiger partial charge in [-0.1, -0.05) is 19.1 Å². The number of carbonyl (C=O) groups is 1. The van der Waals surface area contributed by atoms with Crippen LogP contribution in [0.3, 0.4) is 0 Å². The molecule has 2 atom stereocenters. The van der Waals surface area contributed by atoms with E-state index in [-0.39, 0.29) is 23.8 Å². The number of nitrogens with zero attached hydrogens (tertiary/aromatic N) is 1. The predicted octanol–water partition coefficient (Wildman–Crippen LogP) is 1.18. The number of allylic oxidation sites excluding steroid dienone is 2. The third-order valence-electron chi connectivity index (χ3n) is 3.53. The van der Waals surface area contributed by atoms with E-state index < -0.39 is 0 Å². The molecule has 15 heavy (non-hydrogen) atoms. The Balaban J connectivity index is 1.91. The first kappa shape index (κ1) is 10.7. The van der Waals surface area contributed by atoms with Crippen LogP contribution in [-0.4, -0.2) is 35.1 Å². The predicted molar refractivity (Wildman–Crippen MR) is 58.2 cm³/mol. The van der Waals surface area contributed by atoms with Crippen LogP contribution in [0, 0.1) is 11.8 Å². The number of amides is 1. The molecule has 84 valence electrons. The lowest BCUT2D eigenvalue weighted by molar-refractivity contribution is -0.138. The van der Waals surface area contributed by atoms with E-state index >= 15 is 0 Å². The molecular formula is C12H19NO2. The summed E-state index contributed by atoms with van der Waals surface area (Å²) in [6, 6.07) is 0. The Morgan fingerprint density at radius 3 is 2.67 bits per heavy atom. The number of rotatable bonds is 1. The van der Waals surface area contributed by atoms with Gasteiger partial charge < -0.3 is 10.0 Å². The maximum absolute atomic E-state index is 12.1. The SMILES string of the molecule is CC1CN(C(=O)C2CC=CC2)CCC1O. The van der Waals surface area contributed by atoms with Crippen molar-refractivity contribution in [1.82, 2.24) is 4.90 Å². The van der Waals surface area contributed by atoms with Crippen molar-refractivity contribution in [3.63, 3.8) is 0 Å². The molecule has 1 amide bonds. The Hall–Kier alpha value is -0.830. The maximum atomic E-state index is 12.1. The van der Waals surface area contributed by atoms with Gasteiger partial charge in [-0.25, -0.2) is 0 Å². The number of aliphatic hydroxyl groups is 1. The third-order valence-corrected chi connectivity index (χ3v) is 3.53. The first-order chi connectivity index (χ1) is 7.18. The van der Waals surface area contributed by atoms with Crippen LogP contribution in [0.4, 0.5) is 0 Å². The summed E-state index contributed by atoms with van der Waals surface area (Å²) in [5.74, 6) is 0.670. The summed E-state index contributed by atoms with van der Waals surface area (Å²) in [5, 5.41) is 9.59. The Morgan fingerprint density at radius 1 is 1.40 bits per heavy atom. The van der Waals surface area contributed by atoms with Gasteiger partial charge in [-0.3, -0.25) is 4.79 Å². The molecule has 0 radical (unpaired) electrons. The Kier molecular flexibility index (Phi) is 3.10. The zero-order valence-electron chi connectivity index (χ0n) is 9.22. The molecule has 1 heterocycles. The molecule has 1 fully saturated rings. The average molecular weight is 209 g/mol. The van der Waals surface area contributed by atoms with Crippen LogP contribution in [-0.2, 0) is 4.79 Å². The van der Waals surface area contributed by atoms with Gasteiger partial charge in [0.05, 0.1) is 6.10 Å². The number of hydrogen-bond acceptors (Lipinski definition) is 2. The molecule has 2 rings (SSSR count). The number of carbonyl (C=O) groups excluding carboxylic acids is 1. The Morgan fingerprint density at radius 2 is 2.07 bits per heavy atom. The zero-order chi connectivity index (χ0) is 10.8. The molecule has 0 aromatic rings. The van der Waals surface area contributed by atoms with Crippen molar-refractivity contribution in [2.75, 3.05) is 13.1 Å². The van der Waals surface area contributed by atoms with E-state index in [1.165, 1.54) is 0 Å². The van der Waals surface area contributed by atoms with Crippen LogP contribution in [0.2, 0.25) is 0 Å². The van der Waals surface area contributed by atoms with Gasteiger partial charge in [0.1, 0.15) is 0 Å². The molecule has 2 unspecified atom stereocenters. The van der Waals surface area contributed by atoms with Crippen molar-refractivity contribution in [2.24, 2.45) is 11.8 Å². The fourth-order valence-electron chi connectivity index (χ4n) is 2.41. The van der Waals surface area contributed by atoms with Crippen molar-refractivity contribution in [2.45, 2.75) is 32.3 Å². The smallest absolute Gasteiger partial charge is 0.226 e. The average Bonchev–Trinajstić information content (AvgIpc) is 2.74. The van der Waals surface area contributed by atoms with Crippen molar-refractivity contribution < 1.29 is 9.90 Å². The fourth-order valence-corrected chi connectivity index (χ4v) is 2.41. The van der Waals surface area contributed by atoms with Gasteiger partial charge in [-0.15, -0.1) is 0 Å². The molecule has 3 nitrogen and oxygen atoms in total. The molecule has 3 heteroatoms. The van der Waals surface area contributed by atoms with Crippen LogP contribution in [0.5, 0.6) is 0 Å². The molecule has 2 aliphatic rings. The largest absolute Gasteiger partial charge is 0.393 e. The lowest BCUT2D eigenvalue weighted by atomic mass is 9.95. The highest BCUT2D eigenvalue weighted by atomic mass is 16.3. The minimum absolute atomic E-state index is 0.174.